The number of nitrogens with one attached hydrogen (secondary N) is 1. The number of nitrogens with zero attached hydrogens (tertiary/aromatic N) is 1. The Kier molecular flexibility index (Phi) is 3.46. The van der Waals surface area contributed by atoms with Crippen LogP contribution in [0, 0.1) is 6.92 Å². The lowest BCUT2D eigenvalue weighted by Gasteiger charge is -2.08. The van der Waals surface area contributed by atoms with E-state index in [0.29, 0.717) is 12.4 Å². The Morgan fingerprint density at radius 3 is 2.81 bits per heavy atom. The van der Waals surface area contributed by atoms with Gasteiger partial charge in [0.1, 0.15) is 11.5 Å². The molecule has 2 aromatic rings. The van der Waals surface area contributed by atoms with Gasteiger partial charge in [-0.15, -0.1) is 0 Å². The second kappa shape index (κ2) is 4.84. The van der Waals surface area contributed by atoms with Gasteiger partial charge in [-0.2, -0.15) is 0 Å². The summed E-state index contributed by atoms with van der Waals surface area (Å²) in [5.41, 5.74) is 0. The van der Waals surface area contributed by atoms with Crippen molar-refractivity contribution in [1.29, 1.82) is 0 Å². The molecule has 0 spiro atoms. The third-order valence-corrected chi connectivity index (χ3v) is 2.68. The molecule has 0 fully saturated rings. The maximum Gasteiger partial charge on any atom is 0.208 e. The van der Waals surface area contributed by atoms with Crippen LogP contribution in [-0.2, 0) is 6.54 Å². The number of halogens is 1. The fourth-order valence-corrected chi connectivity index (χ4v) is 1.70. The first-order valence-corrected chi connectivity index (χ1v) is 5.84. The standard InChI is InChI=1S/C11H13BrN2O2/c1-7-5-14-11(15-7)6-13-8(2)9-3-4-10(12)16-9/h3-5,8,13H,6H2,1-2H3. The number of oxazole rings is 1. The molecule has 2 aromatic heterocycles. The smallest absolute Gasteiger partial charge is 0.208 e. The van der Waals surface area contributed by atoms with Crippen LogP contribution in [0.3, 0.4) is 0 Å². The van der Waals surface area contributed by atoms with Crippen LogP contribution in [0.15, 0.2) is 31.8 Å². The Balaban J connectivity index is 1.91. The van der Waals surface area contributed by atoms with Gasteiger partial charge >= 0.3 is 0 Å². The van der Waals surface area contributed by atoms with Gasteiger partial charge in [-0.1, -0.05) is 0 Å². The highest BCUT2D eigenvalue weighted by Gasteiger charge is 2.10. The predicted octanol–water partition coefficient (Wildman–Crippen LogP) is 3.19. The Labute approximate surface area is 102 Å². The van der Waals surface area contributed by atoms with Crippen molar-refractivity contribution < 1.29 is 8.83 Å². The molecular weight excluding hydrogens is 272 g/mol. The third kappa shape index (κ3) is 2.74. The molecule has 0 aliphatic carbocycles. The van der Waals surface area contributed by atoms with E-state index < -0.39 is 0 Å². The monoisotopic (exact) mass is 284 g/mol. The van der Waals surface area contributed by atoms with Crippen molar-refractivity contribution in [2.24, 2.45) is 0 Å². The molecule has 0 aromatic carbocycles. The maximum absolute atomic E-state index is 5.44. The molecule has 0 aliphatic heterocycles. The van der Waals surface area contributed by atoms with Gasteiger partial charge in [0.2, 0.25) is 5.89 Å². The molecule has 0 aliphatic rings. The molecular formula is C11H13BrN2O2. The second-order valence-corrected chi connectivity index (χ2v) is 4.39. The molecule has 4 nitrogen and oxygen atoms in total. The molecule has 2 heterocycles. The van der Waals surface area contributed by atoms with E-state index in [0.717, 1.165) is 16.2 Å². The second-order valence-electron chi connectivity index (χ2n) is 3.61. The van der Waals surface area contributed by atoms with Crippen molar-refractivity contribution in [1.82, 2.24) is 10.3 Å². The highest BCUT2D eigenvalue weighted by atomic mass is 79.9. The minimum absolute atomic E-state index is 0.124. The number of hydrogen-bond acceptors (Lipinski definition) is 4. The molecule has 1 N–H and O–H groups in total. The molecule has 0 bridgehead atoms. The van der Waals surface area contributed by atoms with Crippen LogP contribution in [-0.4, -0.2) is 4.98 Å². The highest BCUT2D eigenvalue weighted by molar-refractivity contribution is 9.10. The summed E-state index contributed by atoms with van der Waals surface area (Å²) in [7, 11) is 0. The molecule has 0 amide bonds. The molecule has 0 saturated carbocycles. The first-order valence-electron chi connectivity index (χ1n) is 5.05. The average Bonchev–Trinajstić information content (AvgIpc) is 2.84. The lowest BCUT2D eigenvalue weighted by Crippen LogP contribution is -2.17. The largest absolute Gasteiger partial charge is 0.453 e. The molecule has 5 heteroatoms. The van der Waals surface area contributed by atoms with E-state index in [-0.39, 0.29) is 6.04 Å². The number of furan rings is 1. The SMILES string of the molecule is Cc1cnc(CNC(C)c2ccc(Br)o2)o1. The number of aryl methyl sites for hydroxylation is 1. The van der Waals surface area contributed by atoms with Crippen LogP contribution in [0.2, 0.25) is 0 Å². The third-order valence-electron chi connectivity index (χ3n) is 2.25. The minimum Gasteiger partial charge on any atom is -0.453 e. The van der Waals surface area contributed by atoms with Gasteiger partial charge in [-0.25, -0.2) is 4.98 Å². The highest BCUT2D eigenvalue weighted by Crippen LogP contribution is 2.20. The van der Waals surface area contributed by atoms with E-state index in [1.807, 2.05) is 26.0 Å². The number of aromatic nitrogens is 1. The zero-order valence-corrected chi connectivity index (χ0v) is 10.7. The van der Waals surface area contributed by atoms with E-state index >= 15 is 0 Å². The Morgan fingerprint density at radius 2 is 2.25 bits per heavy atom. The normalized spacial score (nSPS) is 12.9. The maximum atomic E-state index is 5.44. The van der Waals surface area contributed by atoms with Crippen LogP contribution in [0.1, 0.15) is 30.4 Å². The van der Waals surface area contributed by atoms with Gasteiger partial charge < -0.3 is 8.83 Å². The lowest BCUT2D eigenvalue weighted by molar-refractivity contribution is 0.389. The predicted molar refractivity (Wildman–Crippen MR) is 62.9 cm³/mol. The quantitative estimate of drug-likeness (QED) is 0.937. The Hall–Kier alpha value is -1.07. The van der Waals surface area contributed by atoms with E-state index in [2.05, 4.69) is 26.2 Å². The van der Waals surface area contributed by atoms with Crippen molar-refractivity contribution in [3.05, 3.63) is 40.4 Å². The lowest BCUT2D eigenvalue weighted by atomic mass is 10.2. The summed E-state index contributed by atoms with van der Waals surface area (Å²) < 4.78 is 11.5. The van der Waals surface area contributed by atoms with Crippen molar-refractivity contribution in [2.75, 3.05) is 0 Å². The summed E-state index contributed by atoms with van der Waals surface area (Å²) in [6.07, 6.45) is 1.71. The van der Waals surface area contributed by atoms with Crippen molar-refractivity contribution in [3.63, 3.8) is 0 Å². The fraction of sp³-hybridized carbons (Fsp3) is 0.364. The van der Waals surface area contributed by atoms with Gasteiger partial charge in [-0.3, -0.25) is 5.32 Å². The van der Waals surface area contributed by atoms with Crippen LogP contribution in [0.25, 0.3) is 0 Å². The van der Waals surface area contributed by atoms with Gasteiger partial charge in [0, 0.05) is 0 Å². The number of rotatable bonds is 4. The summed E-state index contributed by atoms with van der Waals surface area (Å²) in [5.74, 6) is 2.40. The first kappa shape index (κ1) is 11.4. The minimum atomic E-state index is 0.124. The topological polar surface area (TPSA) is 51.2 Å². The molecule has 86 valence electrons. The first-order chi connectivity index (χ1) is 7.65. The molecule has 0 saturated heterocycles. The van der Waals surface area contributed by atoms with Gasteiger partial charge in [0.25, 0.3) is 0 Å². The summed E-state index contributed by atoms with van der Waals surface area (Å²) in [6, 6.07) is 3.93. The Morgan fingerprint density at radius 1 is 1.44 bits per heavy atom. The molecule has 16 heavy (non-hydrogen) atoms. The van der Waals surface area contributed by atoms with E-state index in [9.17, 15) is 0 Å². The van der Waals surface area contributed by atoms with Crippen LogP contribution in [0.5, 0.6) is 0 Å². The zero-order valence-electron chi connectivity index (χ0n) is 9.16. The summed E-state index contributed by atoms with van der Waals surface area (Å²) in [6.45, 7) is 4.50. The molecule has 1 atom stereocenters. The van der Waals surface area contributed by atoms with E-state index in [1.54, 1.807) is 6.20 Å². The van der Waals surface area contributed by atoms with Gasteiger partial charge in [0.15, 0.2) is 4.67 Å². The number of hydrogen-bond donors (Lipinski definition) is 1. The van der Waals surface area contributed by atoms with E-state index in [4.69, 9.17) is 8.83 Å². The van der Waals surface area contributed by atoms with Crippen molar-refractivity contribution >= 4 is 15.9 Å². The molecule has 1 unspecified atom stereocenters. The summed E-state index contributed by atoms with van der Waals surface area (Å²) in [4.78, 5) is 4.12. The average molecular weight is 285 g/mol. The molecule has 2 rings (SSSR count). The summed E-state index contributed by atoms with van der Waals surface area (Å²) in [5, 5.41) is 3.27. The summed E-state index contributed by atoms with van der Waals surface area (Å²) >= 11 is 3.27. The Bertz CT molecular complexity index is 464. The van der Waals surface area contributed by atoms with Crippen LogP contribution >= 0.6 is 15.9 Å². The van der Waals surface area contributed by atoms with Crippen LogP contribution < -0.4 is 5.32 Å². The van der Waals surface area contributed by atoms with E-state index in [1.165, 1.54) is 0 Å². The van der Waals surface area contributed by atoms with Crippen molar-refractivity contribution in [2.45, 2.75) is 26.4 Å². The van der Waals surface area contributed by atoms with Crippen molar-refractivity contribution in [3.8, 4) is 0 Å². The van der Waals surface area contributed by atoms with Gasteiger partial charge in [-0.05, 0) is 41.9 Å². The molecule has 0 radical (unpaired) electrons. The zero-order chi connectivity index (χ0) is 11.5. The van der Waals surface area contributed by atoms with Crippen LogP contribution in [0.4, 0.5) is 0 Å². The van der Waals surface area contributed by atoms with Gasteiger partial charge in [0.05, 0.1) is 18.8 Å². The fourth-order valence-electron chi connectivity index (χ4n) is 1.39.